The van der Waals surface area contributed by atoms with Gasteiger partial charge in [0.1, 0.15) is 21.8 Å². The van der Waals surface area contributed by atoms with E-state index in [0.717, 1.165) is 16.5 Å². The van der Waals surface area contributed by atoms with E-state index in [2.05, 4.69) is 25.3 Å². The van der Waals surface area contributed by atoms with E-state index in [0.29, 0.717) is 5.52 Å². The number of fused-ring (bicyclic) bond motifs is 1. The van der Waals surface area contributed by atoms with Gasteiger partial charge < -0.3 is 26.4 Å². The number of aromatic nitrogens is 3. The molecular formula is C31H28Cl4N6O7. The van der Waals surface area contributed by atoms with Crippen LogP contribution in [-0.4, -0.2) is 65.5 Å². The van der Waals surface area contributed by atoms with Gasteiger partial charge in [-0.3, -0.25) is 14.8 Å². The Labute approximate surface area is 293 Å². The fraction of sp³-hybridized carbons (Fsp3) is 0.226. The van der Waals surface area contributed by atoms with E-state index in [4.69, 9.17) is 62.4 Å². The summed E-state index contributed by atoms with van der Waals surface area (Å²) in [5.74, 6) is -3.47. The summed E-state index contributed by atoms with van der Waals surface area (Å²) in [6.45, 7) is 9.19. The van der Waals surface area contributed by atoms with Crippen LogP contribution in [0.1, 0.15) is 68.8 Å². The Kier molecular flexibility index (Phi) is 11.9. The second-order valence-corrected chi connectivity index (χ2v) is 12.4. The second kappa shape index (κ2) is 15.1. The third kappa shape index (κ3) is 8.11. The standard InChI is InChI=1S/C14H17N3O3.C11H8ClNO2.C6H3Cl3N2O2/c1-7(2)14(4)13(20)16-11(17-14)10-9(12(18)19)5-8(3)6-15-10;1-6-4-7-2-3-8(12)9(11(14)15)10(7)13-5-6;7-1-3(10)2(8)5(9)11-4(1)6(12)13/h5-7H,1-4H3,(H,18,19)(H,16,17,20);2-5H,1H3,(H,14,15);(H2,10,11)(H,12,13). The smallest absolute Gasteiger partial charge is 0.356 e. The number of nitrogens with one attached hydrogen (secondary N) is 1. The SMILES string of the molecule is Cc1cnc(C2=NC(C)(C(C)C)C(=O)N2)c(C(=O)O)c1.Cc1cnc2c(C(=O)O)c(Cl)ccc2c1.Nc1c(Cl)c(Cl)nc(C(=O)O)c1Cl. The van der Waals surface area contributed by atoms with Gasteiger partial charge in [-0.2, -0.15) is 0 Å². The molecule has 1 aliphatic heterocycles. The van der Waals surface area contributed by atoms with Gasteiger partial charge in [-0.15, -0.1) is 0 Å². The number of halogens is 4. The van der Waals surface area contributed by atoms with Crippen molar-refractivity contribution in [2.45, 2.75) is 40.2 Å². The summed E-state index contributed by atoms with van der Waals surface area (Å²) in [4.78, 5) is 60.9. The molecule has 0 saturated carbocycles. The Morgan fingerprint density at radius 3 is 2.04 bits per heavy atom. The number of amidine groups is 1. The topological polar surface area (TPSA) is 218 Å². The summed E-state index contributed by atoms with van der Waals surface area (Å²) in [5, 5.41) is 30.1. The molecule has 0 radical (unpaired) electrons. The average molecular weight is 738 g/mol. The van der Waals surface area contributed by atoms with E-state index in [1.165, 1.54) is 6.07 Å². The minimum Gasteiger partial charge on any atom is -0.478 e. The first kappa shape index (κ1) is 37.9. The van der Waals surface area contributed by atoms with Crippen LogP contribution in [0.5, 0.6) is 0 Å². The highest BCUT2D eigenvalue weighted by molar-refractivity contribution is 6.46. The predicted molar refractivity (Wildman–Crippen MR) is 183 cm³/mol. The third-order valence-electron chi connectivity index (χ3n) is 7.07. The van der Waals surface area contributed by atoms with Crippen LogP contribution < -0.4 is 11.1 Å². The predicted octanol–water partition coefficient (Wildman–Crippen LogP) is 6.60. The van der Waals surface area contributed by atoms with Crippen LogP contribution in [0.15, 0.2) is 41.7 Å². The molecule has 0 fully saturated rings. The van der Waals surface area contributed by atoms with Crippen LogP contribution >= 0.6 is 46.4 Å². The summed E-state index contributed by atoms with van der Waals surface area (Å²) < 4.78 is 0. The molecule has 0 bridgehead atoms. The highest BCUT2D eigenvalue weighted by Gasteiger charge is 2.43. The number of hydrogen-bond donors (Lipinski definition) is 5. The molecule has 0 aliphatic carbocycles. The fourth-order valence-electron chi connectivity index (χ4n) is 4.13. The number of carboxylic acids is 3. The van der Waals surface area contributed by atoms with Crippen LogP contribution in [0.3, 0.4) is 0 Å². The first-order chi connectivity index (χ1) is 22.3. The number of anilines is 1. The summed E-state index contributed by atoms with van der Waals surface area (Å²) in [5.41, 5.74) is 6.44. The zero-order chi connectivity index (χ0) is 36.2. The lowest BCUT2D eigenvalue weighted by molar-refractivity contribution is -0.124. The van der Waals surface area contributed by atoms with Crippen molar-refractivity contribution in [1.82, 2.24) is 20.3 Å². The van der Waals surface area contributed by atoms with Gasteiger partial charge in [-0.1, -0.05) is 66.3 Å². The number of carbonyl (C=O) groups excluding carboxylic acids is 1. The number of nitrogen functional groups attached to an aromatic ring is 1. The molecule has 48 heavy (non-hydrogen) atoms. The third-order valence-corrected chi connectivity index (χ3v) is 8.52. The minimum absolute atomic E-state index is 0.00118. The molecule has 6 N–H and O–H groups in total. The van der Waals surface area contributed by atoms with E-state index < -0.39 is 29.1 Å². The van der Waals surface area contributed by atoms with Crippen molar-refractivity contribution in [2.24, 2.45) is 10.9 Å². The van der Waals surface area contributed by atoms with E-state index in [1.807, 2.05) is 26.8 Å². The summed E-state index contributed by atoms with van der Waals surface area (Å²) in [7, 11) is 0. The molecule has 1 unspecified atom stereocenters. The highest BCUT2D eigenvalue weighted by atomic mass is 35.5. The van der Waals surface area contributed by atoms with Gasteiger partial charge >= 0.3 is 17.9 Å². The molecule has 3 aromatic heterocycles. The van der Waals surface area contributed by atoms with Gasteiger partial charge in [0.2, 0.25) is 0 Å². The number of nitrogens with zero attached hydrogens (tertiary/aromatic N) is 4. The van der Waals surface area contributed by atoms with Crippen molar-refractivity contribution in [3.05, 3.63) is 90.5 Å². The number of aromatic carboxylic acids is 3. The molecule has 252 valence electrons. The van der Waals surface area contributed by atoms with Crippen LogP contribution in [0, 0.1) is 19.8 Å². The fourth-order valence-corrected chi connectivity index (χ4v) is 4.96. The number of amides is 1. The molecule has 1 amide bonds. The number of pyridine rings is 3. The van der Waals surface area contributed by atoms with Gasteiger partial charge in [0.15, 0.2) is 16.7 Å². The van der Waals surface area contributed by atoms with Gasteiger partial charge in [0.25, 0.3) is 5.91 Å². The molecule has 0 saturated heterocycles. The maximum atomic E-state index is 12.1. The summed E-state index contributed by atoms with van der Waals surface area (Å²) >= 11 is 22.4. The number of hydrogen-bond acceptors (Lipinski definition) is 9. The van der Waals surface area contributed by atoms with Crippen LogP contribution in [0.25, 0.3) is 10.9 Å². The largest absolute Gasteiger partial charge is 0.478 e. The quantitative estimate of drug-likeness (QED) is 0.137. The van der Waals surface area contributed by atoms with Crippen LogP contribution in [-0.2, 0) is 4.79 Å². The Bertz CT molecular complexity index is 2000. The van der Waals surface area contributed by atoms with E-state index in [1.54, 1.807) is 38.4 Å². The Hall–Kier alpha value is -4.56. The summed E-state index contributed by atoms with van der Waals surface area (Å²) in [6, 6.07) is 6.74. The second-order valence-electron chi connectivity index (χ2n) is 10.8. The van der Waals surface area contributed by atoms with Gasteiger partial charge in [0, 0.05) is 17.8 Å². The van der Waals surface area contributed by atoms with Crippen molar-refractivity contribution in [3.63, 3.8) is 0 Å². The van der Waals surface area contributed by atoms with Gasteiger partial charge in [-0.25, -0.2) is 24.4 Å². The lowest BCUT2D eigenvalue weighted by Crippen LogP contribution is -2.41. The highest BCUT2D eigenvalue weighted by Crippen LogP contribution is 2.34. The first-order valence-electron chi connectivity index (χ1n) is 13.7. The number of nitrogens with two attached hydrogens (primary N) is 1. The minimum atomic E-state index is -1.31. The first-order valence-corrected chi connectivity index (χ1v) is 15.2. The Balaban J connectivity index is 0.000000201. The number of carboxylic acid groups (broad SMARTS) is 3. The van der Waals surface area contributed by atoms with E-state index in [9.17, 15) is 24.3 Å². The van der Waals surface area contributed by atoms with Gasteiger partial charge in [0.05, 0.1) is 26.8 Å². The molecule has 1 aliphatic rings. The number of aliphatic imine (C=N–C) groups is 1. The van der Waals surface area contributed by atoms with Gasteiger partial charge in [-0.05, 0) is 56.0 Å². The number of benzene rings is 1. The Morgan fingerprint density at radius 1 is 0.896 bits per heavy atom. The normalized spacial score (nSPS) is 15.1. The van der Waals surface area contributed by atoms with E-state index >= 15 is 0 Å². The monoisotopic (exact) mass is 736 g/mol. The number of aryl methyl sites for hydroxylation is 2. The summed E-state index contributed by atoms with van der Waals surface area (Å²) in [6.07, 6.45) is 3.19. The van der Waals surface area contributed by atoms with E-state index in [-0.39, 0.29) is 60.4 Å². The molecule has 1 atom stereocenters. The molecule has 13 nitrogen and oxygen atoms in total. The molecule has 0 spiro atoms. The maximum Gasteiger partial charge on any atom is 0.356 e. The van der Waals surface area contributed by atoms with Crippen LogP contribution in [0.4, 0.5) is 5.69 Å². The zero-order valence-corrected chi connectivity index (χ0v) is 28.9. The lowest BCUT2D eigenvalue weighted by atomic mass is 9.89. The molecule has 4 aromatic rings. The zero-order valence-electron chi connectivity index (χ0n) is 25.9. The molecule has 1 aromatic carbocycles. The molecule has 5 rings (SSSR count). The van der Waals surface area contributed by atoms with Crippen molar-refractivity contribution >= 4 is 92.6 Å². The molecular weight excluding hydrogens is 710 g/mol. The van der Waals surface area contributed by atoms with Crippen molar-refractivity contribution in [1.29, 1.82) is 0 Å². The number of carbonyl (C=O) groups is 4. The van der Waals surface area contributed by atoms with Crippen molar-refractivity contribution < 1.29 is 34.5 Å². The lowest BCUT2D eigenvalue weighted by Gasteiger charge is -2.21. The molecule has 4 heterocycles. The van der Waals surface area contributed by atoms with Crippen molar-refractivity contribution in [3.8, 4) is 0 Å². The number of rotatable bonds is 5. The maximum absolute atomic E-state index is 12.1. The van der Waals surface area contributed by atoms with Crippen molar-refractivity contribution in [2.75, 3.05) is 5.73 Å². The average Bonchev–Trinajstić information content (AvgIpc) is 3.33. The molecule has 17 heteroatoms. The Morgan fingerprint density at radius 2 is 1.50 bits per heavy atom. The van der Waals surface area contributed by atoms with Crippen LogP contribution in [0.2, 0.25) is 20.2 Å².